The van der Waals surface area contributed by atoms with Crippen molar-refractivity contribution >= 4 is 12.2 Å². The highest BCUT2D eigenvalue weighted by molar-refractivity contribution is 5.69. The first-order chi connectivity index (χ1) is 16.3. The zero-order valence-corrected chi connectivity index (χ0v) is 22.6. The molecular formula is C27H53N3O4. The predicted molar refractivity (Wildman–Crippen MR) is 139 cm³/mol. The third kappa shape index (κ3) is 23.7. The summed E-state index contributed by atoms with van der Waals surface area (Å²) in [6, 6.07) is -0.698. The molecule has 0 saturated carbocycles. The number of unbranched alkanes of at least 4 members (excludes halogenated alkanes) is 15. The van der Waals surface area contributed by atoms with Crippen LogP contribution in [-0.2, 0) is 9.47 Å². The van der Waals surface area contributed by atoms with Crippen LogP contribution in [0.5, 0.6) is 0 Å². The van der Waals surface area contributed by atoms with Gasteiger partial charge in [-0.25, -0.2) is 9.59 Å². The molecule has 0 aromatic carbocycles. The maximum absolute atomic E-state index is 11.8. The molecule has 200 valence electrons. The second-order valence-corrected chi connectivity index (χ2v) is 10.4. The molecule has 7 nitrogen and oxygen atoms in total. The third-order valence-corrected chi connectivity index (χ3v) is 5.66. The van der Waals surface area contributed by atoms with E-state index >= 15 is 0 Å². The summed E-state index contributed by atoms with van der Waals surface area (Å²) in [4.78, 5) is 23.5. The first-order valence-electron chi connectivity index (χ1n) is 13.8. The van der Waals surface area contributed by atoms with E-state index < -0.39 is 23.8 Å². The summed E-state index contributed by atoms with van der Waals surface area (Å²) in [6.07, 6.45) is 19.9. The molecule has 0 spiro atoms. The highest BCUT2D eigenvalue weighted by Gasteiger charge is 2.20. The number of amides is 2. The Labute approximate surface area is 209 Å². The summed E-state index contributed by atoms with van der Waals surface area (Å²) in [6.45, 7) is 7.65. The van der Waals surface area contributed by atoms with Crippen LogP contribution < -0.4 is 16.4 Å². The summed E-state index contributed by atoms with van der Waals surface area (Å²) < 4.78 is 10.2. The number of nitrogens with zero attached hydrogens (tertiary/aromatic N) is 1. The molecule has 2 amide bonds. The molecule has 0 aromatic rings. The summed E-state index contributed by atoms with van der Waals surface area (Å²) >= 11 is 0. The van der Waals surface area contributed by atoms with Crippen molar-refractivity contribution < 1.29 is 19.1 Å². The van der Waals surface area contributed by atoms with Crippen LogP contribution in [0.4, 0.5) is 9.59 Å². The van der Waals surface area contributed by atoms with Gasteiger partial charge in [-0.3, -0.25) is 0 Å². The van der Waals surface area contributed by atoms with E-state index in [2.05, 4.69) is 17.6 Å². The molecular weight excluding hydrogens is 430 g/mol. The molecule has 0 heterocycles. The molecule has 1 atom stereocenters. The highest BCUT2D eigenvalue weighted by Crippen LogP contribution is 2.13. The summed E-state index contributed by atoms with van der Waals surface area (Å²) in [7, 11) is 0. The van der Waals surface area contributed by atoms with E-state index in [4.69, 9.17) is 9.47 Å². The normalized spacial score (nSPS) is 12.3. The molecule has 7 heteroatoms. The Morgan fingerprint density at radius 1 is 0.735 bits per heavy atom. The largest absolute Gasteiger partial charge is 0.447 e. The molecule has 2 radical (unpaired) electrons. The Kier molecular flexibility index (Phi) is 21.0. The summed E-state index contributed by atoms with van der Waals surface area (Å²) in [5.41, 5.74) is 8.71. The zero-order valence-electron chi connectivity index (χ0n) is 22.6. The number of rotatable bonds is 21. The highest BCUT2D eigenvalue weighted by atomic mass is 16.6. The summed E-state index contributed by atoms with van der Waals surface area (Å²) in [5.74, 6) is 0. The fourth-order valence-corrected chi connectivity index (χ4v) is 3.71. The van der Waals surface area contributed by atoms with Crippen molar-refractivity contribution in [2.24, 2.45) is 0 Å². The minimum absolute atomic E-state index is 0.111. The average Bonchev–Trinajstić information content (AvgIpc) is 2.77. The number of carbonyl (C=O) groups is 2. The molecule has 0 aliphatic heterocycles. The van der Waals surface area contributed by atoms with Crippen LogP contribution >= 0.6 is 0 Å². The van der Waals surface area contributed by atoms with Crippen LogP contribution in [0.3, 0.4) is 0 Å². The van der Waals surface area contributed by atoms with Crippen LogP contribution in [-0.4, -0.2) is 43.5 Å². The molecule has 0 rings (SSSR count). The third-order valence-electron chi connectivity index (χ3n) is 5.66. The molecule has 0 aliphatic carbocycles. The number of hydrogen-bond acceptors (Lipinski definition) is 4. The molecule has 0 bridgehead atoms. The first kappa shape index (κ1) is 32.5. The van der Waals surface area contributed by atoms with E-state index in [1.807, 2.05) is 0 Å². The van der Waals surface area contributed by atoms with Crippen molar-refractivity contribution in [2.75, 3.05) is 19.7 Å². The number of nitrogens with one attached hydrogen (secondary N) is 2. The number of carbonyl (C=O) groups excluding carboxylic acids is 2. The molecule has 0 saturated heterocycles. The Morgan fingerprint density at radius 2 is 1.18 bits per heavy atom. The molecule has 0 fully saturated rings. The quantitative estimate of drug-likeness (QED) is 0.173. The topological polar surface area (TPSA) is 99.0 Å². The van der Waals surface area contributed by atoms with Gasteiger partial charge in [-0.1, -0.05) is 103 Å². The minimum Gasteiger partial charge on any atom is -0.447 e. The van der Waals surface area contributed by atoms with E-state index in [9.17, 15) is 15.3 Å². The smallest absolute Gasteiger partial charge is 0.408 e. The summed E-state index contributed by atoms with van der Waals surface area (Å²) in [5, 5.41) is 5.20. The SMILES string of the molecule is CCCCCCCCCCCCCCCCCCNC(=O)OCC(C[N])NC(=O)OC(C)(C)C. The lowest BCUT2D eigenvalue weighted by Crippen LogP contribution is -2.44. The first-order valence-corrected chi connectivity index (χ1v) is 13.8. The van der Waals surface area contributed by atoms with Crippen molar-refractivity contribution in [3.05, 3.63) is 0 Å². The van der Waals surface area contributed by atoms with Gasteiger partial charge in [-0.2, -0.15) is 0 Å². The monoisotopic (exact) mass is 483 g/mol. The van der Waals surface area contributed by atoms with Crippen molar-refractivity contribution in [2.45, 2.75) is 142 Å². The molecule has 0 aliphatic rings. The van der Waals surface area contributed by atoms with Gasteiger partial charge in [0.25, 0.3) is 0 Å². The molecule has 1 unspecified atom stereocenters. The van der Waals surface area contributed by atoms with Gasteiger partial charge < -0.3 is 20.1 Å². The minimum atomic E-state index is -0.698. The van der Waals surface area contributed by atoms with E-state index in [0.29, 0.717) is 6.54 Å². The zero-order chi connectivity index (χ0) is 25.5. The van der Waals surface area contributed by atoms with Crippen molar-refractivity contribution in [3.8, 4) is 0 Å². The lowest BCUT2D eigenvalue weighted by atomic mass is 10.0. The van der Waals surface area contributed by atoms with Crippen LogP contribution in [0.15, 0.2) is 0 Å². The predicted octanol–water partition coefficient (Wildman–Crippen LogP) is 6.94. The maximum atomic E-state index is 11.8. The van der Waals surface area contributed by atoms with Crippen LogP contribution in [0, 0.1) is 0 Å². The second-order valence-electron chi connectivity index (χ2n) is 10.4. The van der Waals surface area contributed by atoms with Crippen LogP contribution in [0.25, 0.3) is 0 Å². The standard InChI is InChI=1S/C27H53N3O4/c1-5-6-7-8-9-10-11-12-13-14-15-16-17-18-19-20-21-29-25(31)33-23-24(22-28)30-26(32)34-27(2,3)4/h24H,5-23H2,1-4H3,(H,29,31)(H,30,32). The Bertz CT molecular complexity index is 495. The molecule has 2 N–H and O–H groups in total. The van der Waals surface area contributed by atoms with E-state index in [1.54, 1.807) is 20.8 Å². The van der Waals surface area contributed by atoms with E-state index in [1.165, 1.54) is 89.9 Å². The Hall–Kier alpha value is -1.50. The number of ether oxygens (including phenoxy) is 2. The average molecular weight is 484 g/mol. The van der Waals surface area contributed by atoms with Gasteiger partial charge in [0.05, 0.1) is 12.6 Å². The van der Waals surface area contributed by atoms with Gasteiger partial charge in [-0.15, -0.1) is 5.73 Å². The maximum Gasteiger partial charge on any atom is 0.408 e. The Morgan fingerprint density at radius 3 is 1.59 bits per heavy atom. The Balaban J connectivity index is 3.46. The van der Waals surface area contributed by atoms with Gasteiger partial charge >= 0.3 is 12.2 Å². The van der Waals surface area contributed by atoms with Crippen molar-refractivity contribution in [1.29, 1.82) is 0 Å². The van der Waals surface area contributed by atoms with Gasteiger partial charge in [-0.05, 0) is 27.2 Å². The fourth-order valence-electron chi connectivity index (χ4n) is 3.71. The number of hydrogen-bond donors (Lipinski definition) is 2. The van der Waals surface area contributed by atoms with E-state index in [-0.39, 0.29) is 13.2 Å². The lowest BCUT2D eigenvalue weighted by Gasteiger charge is -2.22. The van der Waals surface area contributed by atoms with E-state index in [0.717, 1.165) is 12.8 Å². The molecule has 0 aromatic heterocycles. The lowest BCUT2D eigenvalue weighted by molar-refractivity contribution is 0.0474. The number of alkyl carbamates (subject to hydrolysis) is 2. The van der Waals surface area contributed by atoms with Gasteiger partial charge in [0.1, 0.15) is 12.2 Å². The fraction of sp³-hybridized carbons (Fsp3) is 0.926. The van der Waals surface area contributed by atoms with Crippen molar-refractivity contribution in [1.82, 2.24) is 16.4 Å². The van der Waals surface area contributed by atoms with Gasteiger partial charge in [0.2, 0.25) is 0 Å². The second kappa shape index (κ2) is 22.0. The van der Waals surface area contributed by atoms with Crippen LogP contribution in [0.1, 0.15) is 130 Å². The van der Waals surface area contributed by atoms with Crippen molar-refractivity contribution in [3.63, 3.8) is 0 Å². The van der Waals surface area contributed by atoms with Gasteiger partial charge in [0, 0.05) is 6.54 Å². The molecule has 34 heavy (non-hydrogen) atoms. The van der Waals surface area contributed by atoms with Gasteiger partial charge in [0.15, 0.2) is 0 Å². The van der Waals surface area contributed by atoms with Crippen LogP contribution in [0.2, 0.25) is 0 Å².